The molecule has 0 N–H and O–H groups in total. The van der Waals surface area contributed by atoms with E-state index in [1.807, 2.05) is 45.9 Å². The minimum absolute atomic E-state index is 0.158. The van der Waals surface area contributed by atoms with Crippen LogP contribution in [0.1, 0.15) is 83.1 Å². The van der Waals surface area contributed by atoms with Crippen LogP contribution in [-0.4, -0.2) is 26.2 Å². The molecule has 0 unspecified atom stereocenters. The minimum Gasteiger partial charge on any atom is -0.471 e. The van der Waals surface area contributed by atoms with Gasteiger partial charge < -0.3 is 9.47 Å². The first-order valence-electron chi connectivity index (χ1n) is 11.1. The van der Waals surface area contributed by atoms with Crippen molar-refractivity contribution in [3.05, 3.63) is 43.0 Å². The summed E-state index contributed by atoms with van der Waals surface area (Å²) in [6.45, 7) is 24.8. The summed E-state index contributed by atoms with van der Waals surface area (Å²) >= 11 is 0. The zero-order chi connectivity index (χ0) is 23.8. The van der Waals surface area contributed by atoms with Gasteiger partial charge in [0.25, 0.3) is 0 Å². The summed E-state index contributed by atoms with van der Waals surface area (Å²) < 4.78 is 11.5. The van der Waals surface area contributed by atoms with Crippen molar-refractivity contribution < 1.29 is 9.47 Å². The molecule has 2 heterocycles. The van der Waals surface area contributed by atoms with E-state index >= 15 is 0 Å². The van der Waals surface area contributed by atoms with Crippen LogP contribution in [0.2, 0.25) is 0 Å². The molecular weight excluding hydrogens is 374 g/mol. The summed E-state index contributed by atoms with van der Waals surface area (Å²) in [5.74, 6) is 2.24. The van der Waals surface area contributed by atoms with Crippen LogP contribution in [0.4, 0.5) is 0 Å². The largest absolute Gasteiger partial charge is 0.471 e. The van der Waals surface area contributed by atoms with Crippen molar-refractivity contribution in [2.24, 2.45) is 11.8 Å². The first-order valence-corrected chi connectivity index (χ1v) is 11.1. The Morgan fingerprint density at radius 3 is 1.47 bits per heavy atom. The fourth-order valence-corrected chi connectivity index (χ4v) is 1.52. The Morgan fingerprint density at radius 1 is 0.667 bits per heavy atom. The molecule has 0 saturated carbocycles. The Kier molecular flexibility index (Phi) is 15.7. The highest BCUT2D eigenvalue weighted by Crippen LogP contribution is 2.23. The number of ether oxygens (including phenoxy) is 2. The van der Waals surface area contributed by atoms with Gasteiger partial charge in [0.05, 0.1) is 0 Å². The number of hydrogen-bond acceptors (Lipinski definition) is 5. The zero-order valence-electron chi connectivity index (χ0n) is 21.4. The average molecular weight is 420 g/mol. The maximum atomic E-state index is 5.75. The van der Waals surface area contributed by atoms with Crippen molar-refractivity contribution in [2.75, 3.05) is 0 Å². The molecule has 5 nitrogen and oxygen atoms in total. The number of pyridine rings is 1. The Labute approximate surface area is 185 Å². The van der Waals surface area contributed by atoms with Crippen LogP contribution in [0.3, 0.4) is 0 Å². The third-order valence-electron chi connectivity index (χ3n) is 4.71. The number of aromatic nitrogens is 3. The first-order chi connectivity index (χ1) is 14.0. The van der Waals surface area contributed by atoms with E-state index in [4.69, 9.17) is 9.47 Å². The number of nitrogens with zero attached hydrogens (tertiary/aromatic N) is 3. The Morgan fingerprint density at radius 2 is 1.13 bits per heavy atom. The molecule has 30 heavy (non-hydrogen) atoms. The molecule has 0 aliphatic heterocycles. The summed E-state index contributed by atoms with van der Waals surface area (Å²) in [5, 5.41) is 0. The highest BCUT2D eigenvalue weighted by atomic mass is 16.5. The lowest BCUT2D eigenvalue weighted by Gasteiger charge is -2.29. The van der Waals surface area contributed by atoms with Crippen LogP contribution >= 0.6 is 0 Å². The van der Waals surface area contributed by atoms with E-state index in [9.17, 15) is 0 Å². The fraction of sp³-hybridized carbons (Fsp3) is 0.640. The lowest BCUT2D eigenvalue weighted by atomic mass is 9.95. The van der Waals surface area contributed by atoms with Gasteiger partial charge in [0.1, 0.15) is 17.5 Å². The Balaban J connectivity index is 0. The van der Waals surface area contributed by atoms with Crippen LogP contribution in [0.25, 0.3) is 0 Å². The van der Waals surface area contributed by atoms with Gasteiger partial charge in [0.2, 0.25) is 11.8 Å². The summed E-state index contributed by atoms with van der Waals surface area (Å²) in [6.07, 6.45) is 4.91. The number of rotatable bonds is 6. The third-order valence-corrected chi connectivity index (χ3v) is 4.71. The number of hydrogen-bond donors (Lipinski definition) is 0. The second kappa shape index (κ2) is 15.6. The summed E-state index contributed by atoms with van der Waals surface area (Å²) in [6, 6.07) is 7.46. The highest BCUT2D eigenvalue weighted by Gasteiger charge is 2.25. The molecule has 0 saturated heterocycles. The second-order valence-electron chi connectivity index (χ2n) is 7.94. The van der Waals surface area contributed by atoms with E-state index in [1.54, 1.807) is 18.5 Å². The van der Waals surface area contributed by atoms with Gasteiger partial charge in [-0.05, 0) is 45.6 Å². The molecule has 172 valence electrons. The van der Waals surface area contributed by atoms with Gasteiger partial charge in [-0.1, -0.05) is 61.5 Å². The molecule has 0 spiro atoms. The predicted molar refractivity (Wildman–Crippen MR) is 128 cm³/mol. The van der Waals surface area contributed by atoms with Crippen LogP contribution in [0.15, 0.2) is 43.0 Å². The standard InChI is InChI=1S/C11H17NO.C10H16N2O.2C2H6/c1-9(2)11(3,4)13-10-7-5-6-8-12-10;1-8(2)10(3,4)13-9-5-6-11-7-12-9;2*1-2/h5-9H,1-4H3;5-8H,1-4H3;2*1-2H3. The lowest BCUT2D eigenvalue weighted by Crippen LogP contribution is -2.34. The predicted octanol–water partition coefficient (Wildman–Crippen LogP) is 7.24. The molecule has 2 rings (SSSR count). The van der Waals surface area contributed by atoms with Crippen molar-refractivity contribution in [1.29, 1.82) is 0 Å². The molecule has 2 aromatic rings. The van der Waals surface area contributed by atoms with Gasteiger partial charge in [-0.2, -0.15) is 0 Å². The second-order valence-corrected chi connectivity index (χ2v) is 7.94. The molecule has 0 atom stereocenters. The van der Waals surface area contributed by atoms with Crippen LogP contribution in [0, 0.1) is 11.8 Å². The topological polar surface area (TPSA) is 57.1 Å². The van der Waals surface area contributed by atoms with Gasteiger partial charge in [-0.3, -0.25) is 0 Å². The van der Waals surface area contributed by atoms with Crippen LogP contribution in [0.5, 0.6) is 11.8 Å². The van der Waals surface area contributed by atoms with Crippen molar-refractivity contribution >= 4 is 0 Å². The molecule has 2 aromatic heterocycles. The van der Waals surface area contributed by atoms with E-state index in [0.29, 0.717) is 23.6 Å². The van der Waals surface area contributed by atoms with Gasteiger partial charge in [-0.15, -0.1) is 0 Å². The van der Waals surface area contributed by atoms with Crippen molar-refractivity contribution in [1.82, 2.24) is 15.0 Å². The molecule has 0 aliphatic carbocycles. The normalized spacial score (nSPS) is 10.6. The third kappa shape index (κ3) is 12.4. The minimum atomic E-state index is -0.186. The summed E-state index contributed by atoms with van der Waals surface area (Å²) in [7, 11) is 0. The molecule has 0 aliphatic rings. The van der Waals surface area contributed by atoms with E-state index in [0.717, 1.165) is 0 Å². The van der Waals surface area contributed by atoms with Gasteiger partial charge in [-0.25, -0.2) is 15.0 Å². The molecule has 0 fully saturated rings. The van der Waals surface area contributed by atoms with Crippen molar-refractivity contribution in [2.45, 2.75) is 94.3 Å². The van der Waals surface area contributed by atoms with Crippen LogP contribution in [-0.2, 0) is 0 Å². The van der Waals surface area contributed by atoms with Crippen molar-refractivity contribution in [3.8, 4) is 11.8 Å². The zero-order valence-corrected chi connectivity index (χ0v) is 21.4. The maximum Gasteiger partial charge on any atom is 0.216 e. The van der Waals surface area contributed by atoms with Crippen molar-refractivity contribution in [3.63, 3.8) is 0 Å². The van der Waals surface area contributed by atoms with Gasteiger partial charge >= 0.3 is 0 Å². The fourth-order valence-electron chi connectivity index (χ4n) is 1.52. The Hall–Kier alpha value is -2.17. The summed E-state index contributed by atoms with van der Waals surface area (Å²) in [4.78, 5) is 12.0. The van der Waals surface area contributed by atoms with E-state index in [1.165, 1.54) is 6.33 Å². The SMILES string of the molecule is CC.CC.CC(C)C(C)(C)Oc1ccccn1.CC(C)C(C)(C)Oc1ccncn1. The molecule has 5 heteroatoms. The quantitative estimate of drug-likeness (QED) is 0.494. The molecule has 0 amide bonds. The lowest BCUT2D eigenvalue weighted by molar-refractivity contribution is 0.0546. The molecule has 0 bridgehead atoms. The van der Waals surface area contributed by atoms with E-state index in [-0.39, 0.29) is 11.2 Å². The van der Waals surface area contributed by atoms with Gasteiger partial charge in [0.15, 0.2) is 0 Å². The average Bonchev–Trinajstić information content (AvgIpc) is 2.72. The molecule has 0 aromatic carbocycles. The smallest absolute Gasteiger partial charge is 0.216 e. The maximum absolute atomic E-state index is 5.75. The van der Waals surface area contributed by atoms with E-state index < -0.39 is 0 Å². The first kappa shape index (κ1) is 30.0. The molecule has 0 radical (unpaired) electrons. The molecular formula is C25H45N3O2. The monoisotopic (exact) mass is 419 g/mol. The summed E-state index contributed by atoms with van der Waals surface area (Å²) in [5.41, 5.74) is -0.345. The Bertz CT molecular complexity index is 570. The van der Waals surface area contributed by atoms with E-state index in [2.05, 4.69) is 70.3 Å². The highest BCUT2D eigenvalue weighted by molar-refractivity contribution is 5.10. The van der Waals surface area contributed by atoms with Crippen LogP contribution < -0.4 is 9.47 Å². The van der Waals surface area contributed by atoms with Gasteiger partial charge in [0, 0.05) is 24.5 Å².